The number of allylic oxidation sites excluding steroid dienone is 3. The lowest BCUT2D eigenvalue weighted by atomic mass is 10.2. The van der Waals surface area contributed by atoms with E-state index in [0.29, 0.717) is 0 Å². The van der Waals surface area contributed by atoms with Crippen LogP contribution in [0.4, 0.5) is 0 Å². The Bertz CT molecular complexity index is 403. The van der Waals surface area contributed by atoms with E-state index in [0.717, 1.165) is 63.1 Å². The van der Waals surface area contributed by atoms with Crippen LogP contribution in [0.25, 0.3) is 0 Å². The quantitative estimate of drug-likeness (QED) is 0.338. The molecule has 0 aromatic heterocycles. The molecule has 0 aromatic rings. The molecule has 0 aromatic carbocycles. The van der Waals surface area contributed by atoms with Crippen LogP contribution in [-0.2, 0) is 4.79 Å². The highest BCUT2D eigenvalue weighted by atomic mass is 16.4. The lowest BCUT2D eigenvalue weighted by Crippen LogP contribution is -2.33. The number of aliphatic carboxylic acids is 1. The van der Waals surface area contributed by atoms with Gasteiger partial charge in [-0.2, -0.15) is 0 Å². The number of nitrogens with one attached hydrogen (secondary N) is 1. The van der Waals surface area contributed by atoms with Crippen molar-refractivity contribution in [2.45, 2.75) is 39.5 Å². The Hall–Kier alpha value is -1.59. The van der Waals surface area contributed by atoms with Gasteiger partial charge in [0.05, 0.1) is 6.54 Å². The van der Waals surface area contributed by atoms with Crippen molar-refractivity contribution < 1.29 is 9.90 Å². The molecule has 5 heteroatoms. The SMILES string of the molecule is C=C(/C=C\C=C(/N)CC)CNCCCN(CCCC)CC(=O)O. The molecule has 0 saturated carbocycles. The topological polar surface area (TPSA) is 78.6 Å². The van der Waals surface area contributed by atoms with Gasteiger partial charge in [0, 0.05) is 12.2 Å². The summed E-state index contributed by atoms with van der Waals surface area (Å²) in [6.45, 7) is 11.5. The molecular formula is C18H33N3O2. The Morgan fingerprint density at radius 3 is 2.61 bits per heavy atom. The fourth-order valence-electron chi connectivity index (χ4n) is 2.00. The number of rotatable bonds is 14. The summed E-state index contributed by atoms with van der Waals surface area (Å²) in [5.74, 6) is -0.757. The second-order valence-corrected chi connectivity index (χ2v) is 5.67. The summed E-state index contributed by atoms with van der Waals surface area (Å²) in [5.41, 5.74) is 7.57. The van der Waals surface area contributed by atoms with Gasteiger partial charge in [0.2, 0.25) is 0 Å². The van der Waals surface area contributed by atoms with Gasteiger partial charge in [0.25, 0.3) is 0 Å². The maximum absolute atomic E-state index is 10.8. The minimum absolute atomic E-state index is 0.126. The molecule has 0 saturated heterocycles. The van der Waals surface area contributed by atoms with Gasteiger partial charge in [-0.25, -0.2) is 0 Å². The van der Waals surface area contributed by atoms with E-state index in [-0.39, 0.29) is 6.54 Å². The van der Waals surface area contributed by atoms with Crippen molar-refractivity contribution in [3.05, 3.63) is 36.1 Å². The van der Waals surface area contributed by atoms with Crippen LogP contribution in [-0.4, -0.2) is 48.7 Å². The van der Waals surface area contributed by atoms with Gasteiger partial charge in [-0.1, -0.05) is 39.0 Å². The van der Waals surface area contributed by atoms with Crippen molar-refractivity contribution in [2.24, 2.45) is 5.73 Å². The lowest BCUT2D eigenvalue weighted by molar-refractivity contribution is -0.138. The molecule has 0 amide bonds. The molecule has 0 unspecified atom stereocenters. The zero-order valence-corrected chi connectivity index (χ0v) is 14.7. The predicted molar refractivity (Wildman–Crippen MR) is 97.3 cm³/mol. The molecule has 0 rings (SSSR count). The summed E-state index contributed by atoms with van der Waals surface area (Å²) >= 11 is 0. The van der Waals surface area contributed by atoms with E-state index in [1.807, 2.05) is 30.1 Å². The standard InChI is InChI=1S/C18H33N3O2/c1-4-6-12-21(15-18(22)23)13-8-11-20-14-16(3)9-7-10-17(19)5-2/h7,9-10,20H,3-6,8,11-15,19H2,1-2H3,(H,22,23)/b9-7-,17-10-. The number of carbonyl (C=O) groups is 1. The lowest BCUT2D eigenvalue weighted by Gasteiger charge is -2.19. The molecule has 0 aliphatic heterocycles. The minimum atomic E-state index is -0.757. The highest BCUT2D eigenvalue weighted by Crippen LogP contribution is 1.98. The maximum atomic E-state index is 10.8. The third-order valence-electron chi connectivity index (χ3n) is 3.42. The molecule has 0 heterocycles. The third kappa shape index (κ3) is 13.8. The Morgan fingerprint density at radius 1 is 1.30 bits per heavy atom. The monoisotopic (exact) mass is 323 g/mol. The summed E-state index contributed by atoms with van der Waals surface area (Å²) in [6, 6.07) is 0. The second-order valence-electron chi connectivity index (χ2n) is 5.67. The summed E-state index contributed by atoms with van der Waals surface area (Å²) in [6.07, 6.45) is 9.66. The van der Waals surface area contributed by atoms with E-state index in [1.165, 1.54) is 0 Å². The van der Waals surface area contributed by atoms with Gasteiger partial charge in [-0.15, -0.1) is 0 Å². The highest BCUT2D eigenvalue weighted by molar-refractivity contribution is 5.69. The number of hydrogen-bond donors (Lipinski definition) is 3. The molecule has 4 N–H and O–H groups in total. The molecule has 0 atom stereocenters. The average molecular weight is 323 g/mol. The first-order chi connectivity index (χ1) is 11.0. The first kappa shape index (κ1) is 21.4. The third-order valence-corrected chi connectivity index (χ3v) is 3.42. The van der Waals surface area contributed by atoms with Crippen molar-refractivity contribution in [3.8, 4) is 0 Å². The van der Waals surface area contributed by atoms with Gasteiger partial charge in [-0.05, 0) is 50.5 Å². The smallest absolute Gasteiger partial charge is 0.317 e. The van der Waals surface area contributed by atoms with Gasteiger partial charge in [0.1, 0.15) is 0 Å². The van der Waals surface area contributed by atoms with E-state index < -0.39 is 5.97 Å². The van der Waals surface area contributed by atoms with Crippen LogP contribution in [0, 0.1) is 0 Å². The second kappa shape index (κ2) is 14.0. The summed E-state index contributed by atoms with van der Waals surface area (Å²) < 4.78 is 0. The van der Waals surface area contributed by atoms with Gasteiger partial charge < -0.3 is 16.2 Å². The highest BCUT2D eigenvalue weighted by Gasteiger charge is 2.08. The largest absolute Gasteiger partial charge is 0.480 e. The first-order valence-corrected chi connectivity index (χ1v) is 8.44. The van der Waals surface area contributed by atoms with E-state index in [9.17, 15) is 4.79 Å². The van der Waals surface area contributed by atoms with Crippen molar-refractivity contribution in [1.29, 1.82) is 0 Å². The molecular weight excluding hydrogens is 290 g/mol. The number of carboxylic acid groups (broad SMARTS) is 1. The number of nitrogens with zero attached hydrogens (tertiary/aromatic N) is 1. The maximum Gasteiger partial charge on any atom is 0.317 e. The van der Waals surface area contributed by atoms with Gasteiger partial charge in [0.15, 0.2) is 0 Å². The average Bonchev–Trinajstić information content (AvgIpc) is 2.51. The first-order valence-electron chi connectivity index (χ1n) is 8.44. The molecule has 23 heavy (non-hydrogen) atoms. The van der Waals surface area contributed by atoms with E-state index in [4.69, 9.17) is 10.8 Å². The van der Waals surface area contributed by atoms with Crippen molar-refractivity contribution in [3.63, 3.8) is 0 Å². The molecule has 0 aliphatic carbocycles. The van der Waals surface area contributed by atoms with Crippen molar-refractivity contribution in [1.82, 2.24) is 10.2 Å². The Morgan fingerprint density at radius 2 is 2.00 bits per heavy atom. The molecule has 0 spiro atoms. The van der Waals surface area contributed by atoms with E-state index in [2.05, 4.69) is 18.8 Å². The molecule has 0 radical (unpaired) electrons. The number of unbranched alkanes of at least 4 members (excludes halogenated alkanes) is 1. The van der Waals surface area contributed by atoms with Crippen LogP contribution < -0.4 is 11.1 Å². The van der Waals surface area contributed by atoms with E-state index in [1.54, 1.807) is 0 Å². The van der Waals surface area contributed by atoms with Gasteiger partial charge >= 0.3 is 5.97 Å². The zero-order valence-electron chi connectivity index (χ0n) is 14.7. The Labute approximate surface area is 140 Å². The van der Waals surface area contributed by atoms with Crippen molar-refractivity contribution in [2.75, 3.05) is 32.7 Å². The van der Waals surface area contributed by atoms with Crippen LogP contribution in [0.2, 0.25) is 0 Å². The van der Waals surface area contributed by atoms with Crippen LogP contribution in [0.1, 0.15) is 39.5 Å². The fraction of sp³-hybridized carbons (Fsp3) is 0.611. The normalized spacial score (nSPS) is 12.2. The van der Waals surface area contributed by atoms with Crippen LogP contribution >= 0.6 is 0 Å². The molecule has 0 fully saturated rings. The summed E-state index contributed by atoms with van der Waals surface area (Å²) in [7, 11) is 0. The zero-order chi connectivity index (χ0) is 17.5. The summed E-state index contributed by atoms with van der Waals surface area (Å²) in [4.78, 5) is 12.8. The van der Waals surface area contributed by atoms with Crippen LogP contribution in [0.3, 0.4) is 0 Å². The van der Waals surface area contributed by atoms with Gasteiger partial charge in [-0.3, -0.25) is 9.69 Å². The summed E-state index contributed by atoms with van der Waals surface area (Å²) in [5, 5.41) is 12.2. The van der Waals surface area contributed by atoms with Crippen LogP contribution in [0.15, 0.2) is 36.1 Å². The Kier molecular flexibility index (Phi) is 13.1. The minimum Gasteiger partial charge on any atom is -0.480 e. The number of nitrogens with two attached hydrogens (primary N) is 1. The fourth-order valence-corrected chi connectivity index (χ4v) is 2.00. The Balaban J connectivity index is 3.87. The van der Waals surface area contributed by atoms with Crippen molar-refractivity contribution >= 4 is 5.97 Å². The molecule has 0 aliphatic rings. The molecule has 0 bridgehead atoms. The molecule has 132 valence electrons. The number of hydrogen-bond acceptors (Lipinski definition) is 4. The predicted octanol–water partition coefficient (Wildman–Crippen LogP) is 2.52. The molecule has 5 nitrogen and oxygen atoms in total. The van der Waals surface area contributed by atoms with E-state index >= 15 is 0 Å². The number of carboxylic acids is 1. The van der Waals surface area contributed by atoms with Crippen LogP contribution in [0.5, 0.6) is 0 Å².